The third-order valence-electron chi connectivity index (χ3n) is 7.10. The van der Waals surface area contributed by atoms with Crippen LogP contribution in [0.1, 0.15) is 49.4 Å². The molecule has 0 bridgehead atoms. The maximum Gasteiger partial charge on any atom is 0.264 e. The maximum atomic E-state index is 14.0. The number of anilines is 1. The van der Waals surface area contributed by atoms with Crippen molar-refractivity contribution < 1.29 is 18.0 Å². The van der Waals surface area contributed by atoms with Gasteiger partial charge in [0.15, 0.2) is 0 Å². The highest BCUT2D eigenvalue weighted by Gasteiger charge is 2.33. The van der Waals surface area contributed by atoms with E-state index in [0.29, 0.717) is 5.69 Å². The van der Waals surface area contributed by atoms with Crippen LogP contribution in [-0.2, 0) is 26.2 Å². The molecule has 9 heteroatoms. The van der Waals surface area contributed by atoms with E-state index in [1.165, 1.54) is 4.90 Å². The van der Waals surface area contributed by atoms with Crippen molar-refractivity contribution >= 4 is 43.5 Å². The summed E-state index contributed by atoms with van der Waals surface area (Å²) < 4.78 is 29.9. The minimum absolute atomic E-state index is 0.0615. The van der Waals surface area contributed by atoms with E-state index in [4.69, 9.17) is 0 Å². The van der Waals surface area contributed by atoms with Crippen LogP contribution in [0.25, 0.3) is 0 Å². The van der Waals surface area contributed by atoms with Crippen molar-refractivity contribution in [2.45, 2.75) is 71.5 Å². The summed E-state index contributed by atoms with van der Waals surface area (Å²) >= 11 is 3.43. The Morgan fingerprint density at radius 3 is 2.10 bits per heavy atom. The van der Waals surface area contributed by atoms with E-state index in [1.54, 1.807) is 43.3 Å². The third kappa shape index (κ3) is 7.73. The number of benzene rings is 3. The van der Waals surface area contributed by atoms with Crippen molar-refractivity contribution in [1.82, 2.24) is 10.2 Å². The molecule has 0 unspecified atom stereocenters. The van der Waals surface area contributed by atoms with Gasteiger partial charge < -0.3 is 10.2 Å². The Kier molecular flexibility index (Phi) is 10.6. The molecule has 0 spiro atoms. The number of hydrogen-bond donors (Lipinski definition) is 1. The summed E-state index contributed by atoms with van der Waals surface area (Å²) in [6.45, 7) is 11.0. The standard InChI is InChI=1S/C31H38BrN3O4S/c1-7-24(5)33-31(37)25(6)34(19-26-11-13-27(32)14-12-26)30(36)20-35(28-15-10-22(3)23(4)18-28)40(38,39)29-16-8-21(2)9-17-29/h8-18,24-25H,7,19-20H2,1-6H3,(H,33,37)/t24-,25-/m1/s1. The fourth-order valence-corrected chi connectivity index (χ4v) is 5.75. The van der Waals surface area contributed by atoms with Gasteiger partial charge in [-0.1, -0.05) is 58.7 Å². The lowest BCUT2D eigenvalue weighted by atomic mass is 10.1. The van der Waals surface area contributed by atoms with E-state index in [0.717, 1.165) is 37.5 Å². The number of halogens is 1. The van der Waals surface area contributed by atoms with Gasteiger partial charge in [-0.3, -0.25) is 13.9 Å². The van der Waals surface area contributed by atoms with Crippen LogP contribution in [0, 0.1) is 20.8 Å². The van der Waals surface area contributed by atoms with E-state index in [-0.39, 0.29) is 23.4 Å². The van der Waals surface area contributed by atoms with Gasteiger partial charge in [-0.2, -0.15) is 0 Å². The number of nitrogens with zero attached hydrogens (tertiary/aromatic N) is 2. The predicted molar refractivity (Wildman–Crippen MR) is 164 cm³/mol. The number of carbonyl (C=O) groups excluding carboxylic acids is 2. The molecular weight excluding hydrogens is 590 g/mol. The summed E-state index contributed by atoms with van der Waals surface area (Å²) in [6.07, 6.45) is 0.745. The minimum Gasteiger partial charge on any atom is -0.352 e. The molecule has 0 heterocycles. The quantitative estimate of drug-likeness (QED) is 0.287. The zero-order chi connectivity index (χ0) is 29.6. The molecule has 2 amide bonds. The summed E-state index contributed by atoms with van der Waals surface area (Å²) in [5.41, 5.74) is 4.04. The second-order valence-corrected chi connectivity index (χ2v) is 13.0. The zero-order valence-electron chi connectivity index (χ0n) is 23.9. The van der Waals surface area contributed by atoms with Crippen LogP contribution in [-0.4, -0.2) is 43.8 Å². The van der Waals surface area contributed by atoms with Crippen molar-refractivity contribution in [2.24, 2.45) is 0 Å². The molecule has 0 saturated heterocycles. The fourth-order valence-electron chi connectivity index (χ4n) is 4.08. The monoisotopic (exact) mass is 627 g/mol. The highest BCUT2D eigenvalue weighted by atomic mass is 79.9. The van der Waals surface area contributed by atoms with Crippen molar-refractivity contribution in [3.63, 3.8) is 0 Å². The van der Waals surface area contributed by atoms with Crippen molar-refractivity contribution in [3.05, 3.63) is 93.5 Å². The summed E-state index contributed by atoms with van der Waals surface area (Å²) in [5.74, 6) is -0.775. The van der Waals surface area contributed by atoms with Crippen LogP contribution in [0.15, 0.2) is 76.1 Å². The highest BCUT2D eigenvalue weighted by Crippen LogP contribution is 2.27. The van der Waals surface area contributed by atoms with Crippen LogP contribution in [0.2, 0.25) is 0 Å². The number of aryl methyl sites for hydroxylation is 3. The fraction of sp³-hybridized carbons (Fsp3) is 0.355. The predicted octanol–water partition coefficient (Wildman–Crippen LogP) is 5.90. The largest absolute Gasteiger partial charge is 0.352 e. The second-order valence-electron chi connectivity index (χ2n) is 10.2. The molecule has 2 atom stereocenters. The molecule has 0 aliphatic rings. The molecular formula is C31H38BrN3O4S. The topological polar surface area (TPSA) is 86.8 Å². The summed E-state index contributed by atoms with van der Waals surface area (Å²) in [4.78, 5) is 28.7. The van der Waals surface area contributed by atoms with Gasteiger partial charge in [-0.25, -0.2) is 8.42 Å². The minimum atomic E-state index is -4.10. The van der Waals surface area contributed by atoms with Crippen molar-refractivity contribution in [2.75, 3.05) is 10.8 Å². The van der Waals surface area contributed by atoms with Crippen LogP contribution in [0.3, 0.4) is 0 Å². The molecule has 0 aliphatic heterocycles. The van der Waals surface area contributed by atoms with Crippen LogP contribution in [0.4, 0.5) is 5.69 Å². The van der Waals surface area contributed by atoms with Gasteiger partial charge in [0.2, 0.25) is 11.8 Å². The third-order valence-corrected chi connectivity index (χ3v) is 9.42. The van der Waals surface area contributed by atoms with Gasteiger partial charge in [0.1, 0.15) is 12.6 Å². The second kappa shape index (κ2) is 13.5. The van der Waals surface area contributed by atoms with Crippen molar-refractivity contribution in [3.8, 4) is 0 Å². The molecule has 0 saturated carbocycles. The SMILES string of the molecule is CC[C@@H](C)NC(=O)[C@@H](C)N(Cc1ccc(Br)cc1)C(=O)CN(c1ccc(C)c(C)c1)S(=O)(=O)c1ccc(C)cc1. The number of carbonyl (C=O) groups is 2. The molecule has 3 aromatic carbocycles. The van der Waals surface area contributed by atoms with E-state index in [9.17, 15) is 18.0 Å². The molecule has 0 aromatic heterocycles. The Labute approximate surface area is 246 Å². The Hall–Kier alpha value is -3.17. The first kappa shape index (κ1) is 31.4. The molecule has 0 radical (unpaired) electrons. The normalized spacial score (nSPS) is 12.9. The Morgan fingerprint density at radius 1 is 0.900 bits per heavy atom. The van der Waals surface area contributed by atoms with Crippen LogP contribution in [0.5, 0.6) is 0 Å². The van der Waals surface area contributed by atoms with Gasteiger partial charge in [-0.05, 0) is 94.1 Å². The van der Waals surface area contributed by atoms with Crippen LogP contribution >= 0.6 is 15.9 Å². The molecule has 214 valence electrons. The number of nitrogens with one attached hydrogen (secondary N) is 1. The number of sulfonamides is 1. The van der Waals surface area contributed by atoms with Gasteiger partial charge in [0, 0.05) is 17.1 Å². The summed E-state index contributed by atoms with van der Waals surface area (Å²) in [7, 11) is -4.10. The Bertz CT molecular complexity index is 1440. The number of rotatable bonds is 11. The molecule has 7 nitrogen and oxygen atoms in total. The molecule has 3 rings (SSSR count). The van der Waals surface area contributed by atoms with E-state index in [2.05, 4.69) is 21.2 Å². The molecule has 1 N–H and O–H groups in total. The zero-order valence-corrected chi connectivity index (χ0v) is 26.3. The lowest BCUT2D eigenvalue weighted by molar-refractivity contribution is -0.139. The first-order valence-electron chi connectivity index (χ1n) is 13.3. The first-order chi connectivity index (χ1) is 18.8. The van der Waals surface area contributed by atoms with E-state index >= 15 is 0 Å². The van der Waals surface area contributed by atoms with E-state index in [1.807, 2.05) is 65.0 Å². The molecule has 0 fully saturated rings. The maximum absolute atomic E-state index is 14.0. The average Bonchev–Trinajstić information content (AvgIpc) is 2.92. The van der Waals surface area contributed by atoms with Gasteiger partial charge in [0.05, 0.1) is 10.6 Å². The highest BCUT2D eigenvalue weighted by molar-refractivity contribution is 9.10. The lowest BCUT2D eigenvalue weighted by Crippen LogP contribution is -2.52. The van der Waals surface area contributed by atoms with Crippen molar-refractivity contribution in [1.29, 1.82) is 0 Å². The lowest BCUT2D eigenvalue weighted by Gasteiger charge is -2.32. The number of amides is 2. The first-order valence-corrected chi connectivity index (χ1v) is 15.6. The average molecular weight is 629 g/mol. The van der Waals surface area contributed by atoms with Gasteiger partial charge >= 0.3 is 0 Å². The summed E-state index contributed by atoms with van der Waals surface area (Å²) in [6, 6.07) is 18.5. The Morgan fingerprint density at radius 2 is 1.52 bits per heavy atom. The van der Waals surface area contributed by atoms with Gasteiger partial charge in [0.25, 0.3) is 10.0 Å². The van der Waals surface area contributed by atoms with Gasteiger partial charge in [-0.15, -0.1) is 0 Å². The number of hydrogen-bond acceptors (Lipinski definition) is 4. The molecule has 3 aromatic rings. The van der Waals surface area contributed by atoms with Crippen LogP contribution < -0.4 is 9.62 Å². The summed E-state index contributed by atoms with van der Waals surface area (Å²) in [5, 5.41) is 2.95. The molecule has 0 aliphatic carbocycles. The smallest absolute Gasteiger partial charge is 0.264 e. The Balaban J connectivity index is 2.04. The molecule has 40 heavy (non-hydrogen) atoms. The van der Waals surface area contributed by atoms with E-state index < -0.39 is 28.5 Å².